The molecule has 0 saturated heterocycles. The molecule has 0 aliphatic rings. The Balaban J connectivity index is 4.11. The van der Waals surface area contributed by atoms with Gasteiger partial charge in [0.1, 0.15) is 0 Å². The Kier molecular flexibility index (Phi) is 5.19. The van der Waals surface area contributed by atoms with Crippen molar-refractivity contribution < 1.29 is 0 Å². The number of hydrogen-bond acceptors (Lipinski definition) is 0. The smallest absolute Gasteiger partial charge is 0.126 e. The molecule has 0 saturated carbocycles. The van der Waals surface area contributed by atoms with Crippen LogP contribution in [0.5, 0.6) is 0 Å². The van der Waals surface area contributed by atoms with Crippen LogP contribution in [0.15, 0.2) is 11.8 Å². The number of rotatable bonds is 3. The molecule has 8 heteroatoms. The predicted octanol–water partition coefficient (Wildman–Crippen LogP) is 4.39. The summed E-state index contributed by atoms with van der Waals surface area (Å²) in [6.07, 6.45) is 0. The van der Waals surface area contributed by atoms with E-state index in [1.54, 1.807) is 0 Å². The maximum Gasteiger partial charge on any atom is 0.368 e. The zero-order valence-electron chi connectivity index (χ0n) is 5.18. The van der Waals surface area contributed by atoms with Crippen molar-refractivity contribution in [3.63, 3.8) is 0 Å². The third-order valence-corrected chi connectivity index (χ3v) is 6.58. The summed E-state index contributed by atoms with van der Waals surface area (Å²) in [5.74, 6) is 0. The highest BCUT2D eigenvalue weighted by Gasteiger charge is 2.36. The fourth-order valence-corrected chi connectivity index (χ4v) is 6.69. The Morgan fingerprint density at radius 2 is 1.36 bits per heavy atom. The van der Waals surface area contributed by atoms with Gasteiger partial charge in [-0.1, -0.05) is 0 Å². The molecular formula is C3H4Cl6Si2. The van der Waals surface area contributed by atoms with Crippen LogP contribution in [0.25, 0.3) is 0 Å². The van der Waals surface area contributed by atoms with Gasteiger partial charge < -0.3 is 0 Å². The lowest BCUT2D eigenvalue weighted by Crippen LogP contribution is -2.20. The quantitative estimate of drug-likeness (QED) is 0.536. The highest BCUT2D eigenvalue weighted by molar-refractivity contribution is 7.69. The summed E-state index contributed by atoms with van der Waals surface area (Å²) in [6.45, 7) is 3.56. The van der Waals surface area contributed by atoms with Gasteiger partial charge in [0.05, 0.1) is 0 Å². The summed E-state index contributed by atoms with van der Waals surface area (Å²) in [7, 11) is 0. The highest BCUT2D eigenvalue weighted by atomic mass is 35.8. The molecule has 11 heavy (non-hydrogen) atoms. The normalized spacial score (nSPS) is 13.3. The van der Waals surface area contributed by atoms with Gasteiger partial charge in [-0.2, -0.15) is 0 Å². The van der Waals surface area contributed by atoms with Gasteiger partial charge in [0.15, 0.2) is 0 Å². The van der Waals surface area contributed by atoms with Crippen molar-refractivity contribution in [2.24, 2.45) is 0 Å². The number of hydrogen-bond donors (Lipinski definition) is 0. The Morgan fingerprint density at radius 1 is 1.00 bits per heavy atom. The summed E-state index contributed by atoms with van der Waals surface area (Å²) < 4.78 is 0. The molecule has 0 aromatic heterocycles. The second kappa shape index (κ2) is 4.42. The lowest BCUT2D eigenvalue weighted by Gasteiger charge is -2.14. The van der Waals surface area contributed by atoms with Crippen molar-refractivity contribution in [3.8, 4) is 0 Å². The zero-order valence-corrected chi connectivity index (χ0v) is 11.7. The fraction of sp³-hybridized carbons (Fsp3) is 0.333. The predicted molar refractivity (Wildman–Crippen MR) is 60.6 cm³/mol. The van der Waals surface area contributed by atoms with E-state index >= 15 is 0 Å². The first-order chi connectivity index (χ1) is 4.63. The molecule has 0 unspecified atom stereocenters. The van der Waals surface area contributed by atoms with Gasteiger partial charge in [0.25, 0.3) is 0 Å². The first kappa shape index (κ1) is 12.9. The van der Waals surface area contributed by atoms with Crippen LogP contribution in [0.3, 0.4) is 0 Å². The van der Waals surface area contributed by atoms with Gasteiger partial charge >= 0.3 is 12.0 Å². The minimum Gasteiger partial charge on any atom is -0.126 e. The lowest BCUT2D eigenvalue weighted by atomic mass is 10.7. The van der Waals surface area contributed by atoms with Crippen LogP contribution >= 0.6 is 66.5 Å². The fourth-order valence-electron chi connectivity index (χ4n) is 0.342. The minimum atomic E-state index is -2.87. The topological polar surface area (TPSA) is 0 Å². The van der Waals surface area contributed by atoms with Crippen LogP contribution in [-0.4, -0.2) is 12.0 Å². The monoisotopic (exact) mass is 306 g/mol. The van der Waals surface area contributed by atoms with Crippen molar-refractivity contribution >= 4 is 78.5 Å². The molecule has 0 amide bonds. The summed E-state index contributed by atoms with van der Waals surface area (Å²) >= 11 is 33.6. The van der Waals surface area contributed by atoms with Gasteiger partial charge in [0, 0.05) is 6.04 Å². The standard InChI is InChI=1S/C3H4Cl6Si2/c1-3(11(7,8)9)2-10(4,5)6/h1-2H2. The Hall–Kier alpha value is 1.91. The van der Waals surface area contributed by atoms with E-state index in [1.807, 2.05) is 0 Å². The Morgan fingerprint density at radius 3 is 1.45 bits per heavy atom. The van der Waals surface area contributed by atoms with Crippen LogP contribution in [0.2, 0.25) is 6.04 Å². The summed E-state index contributed by atoms with van der Waals surface area (Å²) in [4.78, 5) is 0. The highest BCUT2D eigenvalue weighted by Crippen LogP contribution is 2.37. The van der Waals surface area contributed by atoms with Crippen LogP contribution in [0.4, 0.5) is 0 Å². The molecule has 0 nitrogen and oxygen atoms in total. The molecule has 0 aromatic carbocycles. The molecule has 0 aliphatic heterocycles. The molecule has 0 rings (SSSR count). The van der Waals surface area contributed by atoms with Crippen molar-refractivity contribution in [2.75, 3.05) is 0 Å². The molecule has 0 aromatic rings. The average Bonchev–Trinajstić information content (AvgIpc) is 1.56. The van der Waals surface area contributed by atoms with Gasteiger partial charge in [-0.05, 0) is 5.20 Å². The SMILES string of the molecule is C=C(C[Si](Cl)(Cl)Cl)[Si](Cl)(Cl)Cl. The lowest BCUT2D eigenvalue weighted by molar-refractivity contribution is 1.64. The van der Waals surface area contributed by atoms with Crippen LogP contribution < -0.4 is 0 Å². The van der Waals surface area contributed by atoms with Crippen molar-refractivity contribution in [1.82, 2.24) is 0 Å². The first-order valence-electron chi connectivity index (χ1n) is 2.44. The van der Waals surface area contributed by atoms with Crippen LogP contribution in [0.1, 0.15) is 0 Å². The average molecular weight is 309 g/mol. The molecule has 0 heterocycles. The van der Waals surface area contributed by atoms with Crippen LogP contribution in [-0.2, 0) is 0 Å². The van der Waals surface area contributed by atoms with Crippen molar-refractivity contribution in [3.05, 3.63) is 11.8 Å². The third-order valence-electron chi connectivity index (χ3n) is 0.815. The molecule has 66 valence electrons. The van der Waals surface area contributed by atoms with Gasteiger partial charge in [-0.15, -0.1) is 73.1 Å². The van der Waals surface area contributed by atoms with E-state index in [0.717, 1.165) is 0 Å². The molecule has 0 fully saturated rings. The van der Waals surface area contributed by atoms with Crippen molar-refractivity contribution in [1.29, 1.82) is 0 Å². The molecule has 0 aliphatic carbocycles. The Labute approximate surface area is 95.6 Å². The van der Waals surface area contributed by atoms with Crippen molar-refractivity contribution in [2.45, 2.75) is 6.04 Å². The molecule has 0 N–H and O–H groups in total. The second-order valence-corrected chi connectivity index (χ2v) is 19.6. The van der Waals surface area contributed by atoms with Gasteiger partial charge in [-0.25, -0.2) is 0 Å². The Bertz CT molecular complexity index is 154. The summed E-state index contributed by atoms with van der Waals surface area (Å²) in [5.41, 5.74) is 0. The van der Waals surface area contributed by atoms with Gasteiger partial charge in [0.2, 0.25) is 0 Å². The van der Waals surface area contributed by atoms with E-state index in [9.17, 15) is 0 Å². The van der Waals surface area contributed by atoms with E-state index < -0.39 is 12.0 Å². The molecule has 0 spiro atoms. The van der Waals surface area contributed by atoms with E-state index in [1.165, 1.54) is 0 Å². The summed E-state index contributed by atoms with van der Waals surface area (Å²) in [6, 6.07) is -5.38. The number of allylic oxidation sites excluding steroid dienone is 1. The molecule has 0 atom stereocenters. The maximum absolute atomic E-state index is 5.61. The molecular weight excluding hydrogens is 305 g/mol. The maximum atomic E-state index is 5.61. The second-order valence-electron chi connectivity index (χ2n) is 1.89. The first-order valence-corrected chi connectivity index (χ1v) is 12.7. The third kappa shape index (κ3) is 7.02. The molecule has 0 bridgehead atoms. The number of halogens is 6. The minimum absolute atomic E-state index is 0.223. The molecule has 0 radical (unpaired) electrons. The van der Waals surface area contributed by atoms with Crippen LogP contribution in [0, 0.1) is 0 Å². The summed E-state index contributed by atoms with van der Waals surface area (Å²) in [5, 5.41) is 0.453. The van der Waals surface area contributed by atoms with E-state index in [-0.39, 0.29) is 6.04 Å². The van der Waals surface area contributed by atoms with E-state index in [0.29, 0.717) is 5.20 Å². The van der Waals surface area contributed by atoms with E-state index in [4.69, 9.17) is 66.5 Å². The largest absolute Gasteiger partial charge is 0.368 e. The van der Waals surface area contributed by atoms with E-state index in [2.05, 4.69) is 6.58 Å². The van der Waals surface area contributed by atoms with Gasteiger partial charge in [-0.3, -0.25) is 0 Å². The zero-order chi connectivity index (χ0) is 9.28.